The second kappa shape index (κ2) is 8.73. The van der Waals surface area contributed by atoms with Gasteiger partial charge < -0.3 is 4.90 Å². The van der Waals surface area contributed by atoms with Gasteiger partial charge in [-0.25, -0.2) is 9.67 Å². The Kier molecular flexibility index (Phi) is 5.64. The summed E-state index contributed by atoms with van der Waals surface area (Å²) < 4.78 is 1.68. The molecule has 0 radical (unpaired) electrons. The lowest BCUT2D eigenvalue weighted by atomic mass is 10.0. The van der Waals surface area contributed by atoms with Crippen LogP contribution >= 0.6 is 11.6 Å². The average Bonchev–Trinajstić information content (AvgIpc) is 3.21. The first-order chi connectivity index (χ1) is 15.6. The lowest BCUT2D eigenvalue weighted by Gasteiger charge is -2.34. The number of amides is 1. The van der Waals surface area contributed by atoms with Crippen LogP contribution in [-0.2, 0) is 6.54 Å². The molecule has 0 aliphatic carbocycles. The van der Waals surface area contributed by atoms with Gasteiger partial charge in [-0.1, -0.05) is 54.1 Å². The highest BCUT2D eigenvalue weighted by atomic mass is 35.5. The number of carbonyl (C=O) groups is 1. The summed E-state index contributed by atoms with van der Waals surface area (Å²) in [6.45, 7) is 5.71. The first-order valence-electron chi connectivity index (χ1n) is 10.8. The van der Waals surface area contributed by atoms with Crippen molar-refractivity contribution < 1.29 is 4.79 Å². The third-order valence-corrected chi connectivity index (χ3v) is 6.22. The van der Waals surface area contributed by atoms with Crippen LogP contribution in [-0.4, -0.2) is 56.7 Å². The zero-order chi connectivity index (χ0) is 22.1. The molecule has 1 fully saturated rings. The summed E-state index contributed by atoms with van der Waals surface area (Å²) in [5.74, 6) is 0.788. The summed E-state index contributed by atoms with van der Waals surface area (Å²) in [7, 11) is 0. The smallest absolute Gasteiger partial charge is 0.293 e. The van der Waals surface area contributed by atoms with E-state index in [0.29, 0.717) is 23.9 Å². The van der Waals surface area contributed by atoms with Gasteiger partial charge in [0.1, 0.15) is 5.82 Å². The Morgan fingerprint density at radius 1 is 0.938 bits per heavy atom. The molecule has 4 aromatic rings. The minimum absolute atomic E-state index is 0.120. The highest BCUT2D eigenvalue weighted by molar-refractivity contribution is 6.30. The average molecular weight is 446 g/mol. The largest absolute Gasteiger partial charge is 0.333 e. The number of nitrogens with zero attached hydrogens (tertiary/aromatic N) is 5. The molecule has 0 saturated carbocycles. The summed E-state index contributed by atoms with van der Waals surface area (Å²) in [4.78, 5) is 21.7. The summed E-state index contributed by atoms with van der Waals surface area (Å²) in [6.07, 6.45) is 0. The molecule has 162 valence electrons. The van der Waals surface area contributed by atoms with Gasteiger partial charge >= 0.3 is 0 Å². The predicted molar refractivity (Wildman–Crippen MR) is 126 cm³/mol. The molecule has 0 spiro atoms. The molecule has 2 heterocycles. The Morgan fingerprint density at radius 3 is 2.44 bits per heavy atom. The van der Waals surface area contributed by atoms with Crippen LogP contribution in [0.25, 0.3) is 16.5 Å². The topological polar surface area (TPSA) is 54.3 Å². The van der Waals surface area contributed by atoms with E-state index in [2.05, 4.69) is 57.4 Å². The van der Waals surface area contributed by atoms with Crippen LogP contribution < -0.4 is 0 Å². The number of carbonyl (C=O) groups excluding carboxylic acids is 1. The fraction of sp³-hybridized carbons (Fsp3) is 0.240. The second-order valence-corrected chi connectivity index (χ2v) is 8.51. The lowest BCUT2D eigenvalue weighted by molar-refractivity contribution is 0.0617. The number of aryl methyl sites for hydroxylation is 1. The van der Waals surface area contributed by atoms with Gasteiger partial charge in [-0.2, -0.15) is 0 Å². The van der Waals surface area contributed by atoms with E-state index in [9.17, 15) is 4.79 Å². The minimum atomic E-state index is -0.120. The van der Waals surface area contributed by atoms with Crippen molar-refractivity contribution in [2.45, 2.75) is 13.5 Å². The predicted octanol–water partition coefficient (Wildman–Crippen LogP) is 4.34. The Morgan fingerprint density at radius 2 is 1.66 bits per heavy atom. The first kappa shape index (κ1) is 20.7. The van der Waals surface area contributed by atoms with Crippen molar-refractivity contribution in [3.8, 4) is 5.69 Å². The summed E-state index contributed by atoms with van der Waals surface area (Å²) in [5, 5.41) is 7.67. The van der Waals surface area contributed by atoms with E-state index >= 15 is 0 Å². The lowest BCUT2D eigenvalue weighted by Crippen LogP contribution is -2.48. The summed E-state index contributed by atoms with van der Waals surface area (Å²) >= 11 is 5.98. The van der Waals surface area contributed by atoms with E-state index in [1.54, 1.807) is 16.8 Å². The van der Waals surface area contributed by atoms with Crippen molar-refractivity contribution >= 4 is 28.3 Å². The van der Waals surface area contributed by atoms with Crippen LogP contribution in [0, 0.1) is 6.92 Å². The Labute approximate surface area is 192 Å². The van der Waals surface area contributed by atoms with E-state index in [-0.39, 0.29) is 11.7 Å². The maximum atomic E-state index is 13.0. The SMILES string of the molecule is Cc1nc(C(=O)N2CCN(Cc3cccc4ccccc34)CC2)nn1-c1ccc(Cl)cc1. The van der Waals surface area contributed by atoms with Gasteiger partial charge in [0, 0.05) is 37.7 Å². The third-order valence-electron chi connectivity index (χ3n) is 5.96. The normalized spacial score (nSPS) is 14.8. The third kappa shape index (κ3) is 4.11. The van der Waals surface area contributed by atoms with Crippen LogP contribution in [0.5, 0.6) is 0 Å². The van der Waals surface area contributed by atoms with Crippen molar-refractivity contribution in [1.29, 1.82) is 0 Å². The van der Waals surface area contributed by atoms with E-state index in [0.717, 1.165) is 25.3 Å². The zero-order valence-corrected chi connectivity index (χ0v) is 18.7. The van der Waals surface area contributed by atoms with Crippen molar-refractivity contribution in [2.24, 2.45) is 0 Å². The monoisotopic (exact) mass is 445 g/mol. The number of fused-ring (bicyclic) bond motifs is 1. The quantitative estimate of drug-likeness (QED) is 0.469. The molecule has 1 saturated heterocycles. The van der Waals surface area contributed by atoms with E-state index < -0.39 is 0 Å². The molecule has 0 atom stereocenters. The molecule has 5 rings (SSSR count). The molecule has 1 amide bonds. The standard InChI is InChI=1S/C25H24ClN5O/c1-18-27-24(28-31(18)22-11-9-21(26)10-12-22)25(32)30-15-13-29(14-16-30)17-20-7-4-6-19-5-2-3-8-23(19)20/h2-12H,13-17H2,1H3. The minimum Gasteiger partial charge on any atom is -0.333 e. The highest BCUT2D eigenvalue weighted by Gasteiger charge is 2.26. The number of benzene rings is 3. The number of hydrogen-bond donors (Lipinski definition) is 0. The molecule has 0 unspecified atom stereocenters. The fourth-order valence-corrected chi connectivity index (χ4v) is 4.36. The summed E-state index contributed by atoms with van der Waals surface area (Å²) in [5.41, 5.74) is 2.15. The molecule has 3 aromatic carbocycles. The van der Waals surface area contributed by atoms with Gasteiger partial charge in [-0.15, -0.1) is 5.10 Å². The van der Waals surface area contributed by atoms with Gasteiger partial charge in [0.05, 0.1) is 5.69 Å². The highest BCUT2D eigenvalue weighted by Crippen LogP contribution is 2.21. The maximum Gasteiger partial charge on any atom is 0.293 e. The van der Waals surface area contributed by atoms with Crippen LogP contribution in [0.3, 0.4) is 0 Å². The first-order valence-corrected chi connectivity index (χ1v) is 11.1. The van der Waals surface area contributed by atoms with Crippen molar-refractivity contribution in [3.05, 3.63) is 89.0 Å². The molecule has 7 heteroatoms. The molecule has 0 N–H and O–H groups in total. The number of aromatic nitrogens is 3. The Bertz CT molecular complexity index is 1250. The van der Waals surface area contributed by atoms with Crippen LogP contribution in [0.1, 0.15) is 22.0 Å². The molecule has 6 nitrogen and oxygen atoms in total. The van der Waals surface area contributed by atoms with Crippen molar-refractivity contribution in [1.82, 2.24) is 24.6 Å². The molecule has 1 aliphatic heterocycles. The summed E-state index contributed by atoms with van der Waals surface area (Å²) in [6, 6.07) is 22.3. The Hall–Kier alpha value is -3.22. The number of halogens is 1. The molecule has 32 heavy (non-hydrogen) atoms. The van der Waals surface area contributed by atoms with Crippen LogP contribution in [0.2, 0.25) is 5.02 Å². The van der Waals surface area contributed by atoms with Gasteiger partial charge in [-0.05, 0) is 47.5 Å². The zero-order valence-electron chi connectivity index (χ0n) is 17.9. The maximum absolute atomic E-state index is 13.0. The van der Waals surface area contributed by atoms with Gasteiger partial charge in [-0.3, -0.25) is 9.69 Å². The molecular weight excluding hydrogens is 422 g/mol. The van der Waals surface area contributed by atoms with E-state index in [1.807, 2.05) is 24.0 Å². The Balaban J connectivity index is 1.25. The molecule has 0 bridgehead atoms. The van der Waals surface area contributed by atoms with E-state index in [1.165, 1.54) is 16.3 Å². The number of piperazine rings is 1. The van der Waals surface area contributed by atoms with Crippen molar-refractivity contribution in [2.75, 3.05) is 26.2 Å². The van der Waals surface area contributed by atoms with Gasteiger partial charge in [0.2, 0.25) is 5.82 Å². The molecule has 1 aliphatic rings. The van der Waals surface area contributed by atoms with Gasteiger partial charge in [0.25, 0.3) is 5.91 Å². The molecular formula is C25H24ClN5O. The van der Waals surface area contributed by atoms with Crippen molar-refractivity contribution in [3.63, 3.8) is 0 Å². The second-order valence-electron chi connectivity index (χ2n) is 8.08. The number of rotatable bonds is 4. The van der Waals surface area contributed by atoms with Crippen LogP contribution in [0.15, 0.2) is 66.7 Å². The van der Waals surface area contributed by atoms with Gasteiger partial charge in [0.15, 0.2) is 0 Å². The van der Waals surface area contributed by atoms with E-state index in [4.69, 9.17) is 11.6 Å². The van der Waals surface area contributed by atoms with Crippen LogP contribution in [0.4, 0.5) is 0 Å². The molecule has 1 aromatic heterocycles. The number of hydrogen-bond acceptors (Lipinski definition) is 4. The fourth-order valence-electron chi connectivity index (χ4n) is 4.23.